The second-order valence-corrected chi connectivity index (χ2v) is 20.6. The van der Waals surface area contributed by atoms with E-state index in [-0.39, 0.29) is 22.9 Å². The van der Waals surface area contributed by atoms with Crippen LogP contribution in [0.4, 0.5) is 5.69 Å². The molecule has 2 heterocycles. The number of hydrogen-bond acceptors (Lipinski definition) is 7. The Morgan fingerprint density at radius 3 is 1.87 bits per heavy atom. The molecule has 2 aliphatic carbocycles. The summed E-state index contributed by atoms with van der Waals surface area (Å²) in [5.74, 6) is 3.85. The zero-order valence-corrected chi connectivity index (χ0v) is 39.4. The highest BCUT2D eigenvalue weighted by Gasteiger charge is 2.55. The number of aliphatic hydroxyl groups excluding tert-OH is 1. The van der Waals surface area contributed by atoms with Crippen LogP contribution in [0, 0.1) is 10.8 Å². The smallest absolute Gasteiger partial charge is 0.178 e. The van der Waals surface area contributed by atoms with Crippen molar-refractivity contribution >= 4 is 22.5 Å². The third-order valence-corrected chi connectivity index (χ3v) is 14.8. The normalized spacial score (nSPS) is 18.2. The van der Waals surface area contributed by atoms with Crippen molar-refractivity contribution < 1.29 is 28.8 Å². The Kier molecular flexibility index (Phi) is 10.5. The SMILES string of the molecule is COc1ccc(C2(c3ccc(OC)cc3)C=Cc3c4c(c5cc(Oc6ccc(CO)cc6)c(-c6ccc(N7CCOCC7)cc6)cc5c3O2)-c2ccccc2C42CC(C)(C)CC(C)(C)C2)cc1. The highest BCUT2D eigenvalue weighted by Crippen LogP contribution is 2.67. The maximum Gasteiger partial charge on any atom is 0.178 e. The van der Waals surface area contributed by atoms with Crippen molar-refractivity contribution in [1.82, 2.24) is 0 Å². The third kappa shape index (κ3) is 7.35. The van der Waals surface area contributed by atoms with Crippen LogP contribution in [0.1, 0.15) is 80.3 Å². The van der Waals surface area contributed by atoms with Gasteiger partial charge in [-0.25, -0.2) is 0 Å². The largest absolute Gasteiger partial charge is 0.497 e. The number of anilines is 1. The van der Waals surface area contributed by atoms with Gasteiger partial charge in [-0.2, -0.15) is 0 Å². The van der Waals surface area contributed by atoms with E-state index in [2.05, 4.69) is 130 Å². The molecule has 340 valence electrons. The third-order valence-electron chi connectivity index (χ3n) is 14.8. The first-order valence-corrected chi connectivity index (χ1v) is 23.7. The number of nitrogens with zero attached hydrogens (tertiary/aromatic N) is 1. The molecule has 0 bridgehead atoms. The summed E-state index contributed by atoms with van der Waals surface area (Å²) in [5.41, 5.74) is 11.2. The van der Waals surface area contributed by atoms with Crippen molar-refractivity contribution in [3.63, 3.8) is 0 Å². The first-order valence-electron chi connectivity index (χ1n) is 23.7. The van der Waals surface area contributed by atoms with E-state index in [1.807, 2.05) is 48.5 Å². The number of rotatable bonds is 9. The van der Waals surface area contributed by atoms with E-state index < -0.39 is 5.60 Å². The van der Waals surface area contributed by atoms with Crippen molar-refractivity contribution in [2.75, 3.05) is 45.4 Å². The molecule has 4 aliphatic rings. The minimum absolute atomic E-state index is 0.0357. The molecule has 7 nitrogen and oxygen atoms in total. The van der Waals surface area contributed by atoms with Gasteiger partial charge in [-0.3, -0.25) is 0 Å². The summed E-state index contributed by atoms with van der Waals surface area (Å²) in [6, 6.07) is 46.9. The highest BCUT2D eigenvalue weighted by atomic mass is 16.5. The van der Waals surface area contributed by atoms with Gasteiger partial charge in [0.05, 0.1) is 34.0 Å². The van der Waals surface area contributed by atoms with Gasteiger partial charge < -0.3 is 33.7 Å². The topological polar surface area (TPSA) is 69.6 Å². The van der Waals surface area contributed by atoms with Crippen LogP contribution in [0.3, 0.4) is 0 Å². The van der Waals surface area contributed by atoms with Crippen molar-refractivity contribution in [2.24, 2.45) is 10.8 Å². The van der Waals surface area contributed by atoms with E-state index in [0.717, 1.165) is 113 Å². The number of morpholine rings is 1. The highest BCUT2D eigenvalue weighted by molar-refractivity contribution is 6.10. The molecule has 1 N–H and O–H groups in total. The molecule has 2 aliphatic heterocycles. The Bertz CT molecular complexity index is 2950. The Hall–Kier alpha value is -6.54. The molecule has 0 amide bonds. The lowest BCUT2D eigenvalue weighted by Crippen LogP contribution is -2.44. The van der Waals surface area contributed by atoms with Gasteiger partial charge in [0, 0.05) is 51.8 Å². The molecule has 7 heteroatoms. The second-order valence-electron chi connectivity index (χ2n) is 20.6. The average molecular weight is 890 g/mol. The Morgan fingerprint density at radius 1 is 0.642 bits per heavy atom. The molecule has 1 saturated carbocycles. The summed E-state index contributed by atoms with van der Waals surface area (Å²) in [5, 5.41) is 12.0. The first-order chi connectivity index (χ1) is 32.4. The van der Waals surface area contributed by atoms with E-state index in [4.69, 9.17) is 23.7 Å². The number of fused-ring (bicyclic) bond motifs is 10. The zero-order chi connectivity index (χ0) is 46.1. The van der Waals surface area contributed by atoms with Crippen LogP contribution in [-0.2, 0) is 22.4 Å². The molecule has 11 rings (SSSR count). The fourth-order valence-electron chi connectivity index (χ4n) is 12.6. The van der Waals surface area contributed by atoms with Crippen LogP contribution in [-0.4, -0.2) is 45.6 Å². The molecular formula is C60H59NO6. The van der Waals surface area contributed by atoms with Crippen molar-refractivity contribution in [1.29, 1.82) is 0 Å². The van der Waals surface area contributed by atoms with Crippen molar-refractivity contribution in [2.45, 2.75) is 64.6 Å². The maximum absolute atomic E-state index is 9.93. The fraction of sp³-hybridized carbons (Fsp3) is 0.300. The van der Waals surface area contributed by atoms with Crippen LogP contribution in [0.5, 0.6) is 28.7 Å². The molecule has 7 aromatic carbocycles. The summed E-state index contributed by atoms with van der Waals surface area (Å²) in [7, 11) is 3.40. The van der Waals surface area contributed by atoms with Gasteiger partial charge in [0.15, 0.2) is 5.60 Å². The van der Waals surface area contributed by atoms with E-state index in [9.17, 15) is 5.11 Å². The second kappa shape index (κ2) is 16.4. The van der Waals surface area contributed by atoms with E-state index in [1.165, 1.54) is 27.9 Å². The van der Waals surface area contributed by atoms with Crippen LogP contribution in [0.25, 0.3) is 39.1 Å². The number of hydrogen-bond donors (Lipinski definition) is 1. The van der Waals surface area contributed by atoms with E-state index in [1.54, 1.807) is 14.2 Å². The van der Waals surface area contributed by atoms with Gasteiger partial charge in [-0.05, 0) is 136 Å². The summed E-state index contributed by atoms with van der Waals surface area (Å²) in [6.07, 6.45) is 7.81. The minimum atomic E-state index is -1.000. The standard InChI is InChI=1S/C60H59NO6/c1-57(2)36-58(3,4)38-59(37-57)52-10-8-7-9-47(52)54-50-34-53(66-46-21-11-39(35-62)12-22-46)49(40-13-19-43(20-14-40)61-29-31-65-32-30-61)33-51(50)56-48(55(54)59)27-28-60(67-56,41-15-23-44(63-5)24-16-41)42-17-25-45(64-6)26-18-42/h7-28,33-34,62H,29-32,35-38H2,1-6H3. The van der Waals surface area contributed by atoms with Crippen LogP contribution in [0.15, 0.2) is 140 Å². The van der Waals surface area contributed by atoms with Gasteiger partial charge >= 0.3 is 0 Å². The monoisotopic (exact) mass is 889 g/mol. The summed E-state index contributed by atoms with van der Waals surface area (Å²) in [6.45, 7) is 12.9. The molecule has 0 radical (unpaired) electrons. The Balaban J connectivity index is 1.22. The van der Waals surface area contributed by atoms with Crippen molar-refractivity contribution in [3.8, 4) is 51.0 Å². The molecule has 1 saturated heterocycles. The lowest BCUT2D eigenvalue weighted by molar-refractivity contribution is 0.0642. The molecule has 67 heavy (non-hydrogen) atoms. The average Bonchev–Trinajstić information content (AvgIpc) is 3.61. The number of benzene rings is 7. The lowest BCUT2D eigenvalue weighted by atomic mass is 9.52. The summed E-state index contributed by atoms with van der Waals surface area (Å²) >= 11 is 0. The molecule has 0 aromatic heterocycles. The molecule has 0 unspecified atom stereocenters. The van der Waals surface area contributed by atoms with E-state index >= 15 is 0 Å². The van der Waals surface area contributed by atoms with Gasteiger partial charge in [0.25, 0.3) is 0 Å². The van der Waals surface area contributed by atoms with Gasteiger partial charge in [0.1, 0.15) is 28.7 Å². The predicted molar refractivity (Wildman–Crippen MR) is 269 cm³/mol. The number of aliphatic hydroxyl groups is 1. The number of ether oxygens (including phenoxy) is 5. The minimum Gasteiger partial charge on any atom is -0.497 e. The lowest BCUT2D eigenvalue weighted by Gasteiger charge is -2.52. The molecule has 1 spiro atoms. The molecular weight excluding hydrogens is 831 g/mol. The van der Waals surface area contributed by atoms with Crippen LogP contribution in [0.2, 0.25) is 0 Å². The van der Waals surface area contributed by atoms with E-state index in [0.29, 0.717) is 5.75 Å². The molecule has 0 atom stereocenters. The first kappa shape index (κ1) is 43.1. The van der Waals surface area contributed by atoms with Crippen molar-refractivity contribution in [3.05, 3.63) is 173 Å². The fourth-order valence-corrected chi connectivity index (χ4v) is 12.6. The zero-order valence-electron chi connectivity index (χ0n) is 39.4. The van der Waals surface area contributed by atoms with Gasteiger partial charge in [-0.15, -0.1) is 0 Å². The van der Waals surface area contributed by atoms with Crippen LogP contribution < -0.4 is 23.8 Å². The van der Waals surface area contributed by atoms with Gasteiger partial charge in [-0.1, -0.05) is 107 Å². The summed E-state index contributed by atoms with van der Waals surface area (Å²) in [4.78, 5) is 2.38. The quantitative estimate of drug-likeness (QED) is 0.155. The Labute approximate surface area is 394 Å². The molecule has 7 aromatic rings. The predicted octanol–water partition coefficient (Wildman–Crippen LogP) is 13.5. The van der Waals surface area contributed by atoms with Crippen LogP contribution >= 0.6 is 0 Å². The van der Waals surface area contributed by atoms with Gasteiger partial charge in [0.2, 0.25) is 0 Å². The summed E-state index contributed by atoms with van der Waals surface area (Å²) < 4.78 is 32.0. The maximum atomic E-state index is 9.93. The molecule has 2 fully saturated rings. The Morgan fingerprint density at radius 2 is 1.25 bits per heavy atom. The number of methoxy groups -OCH3 is 2.